The highest BCUT2D eigenvalue weighted by Gasteiger charge is 2.33. The Hall–Kier alpha value is -2.70. The average Bonchev–Trinajstić information content (AvgIpc) is 3.44. The SMILES string of the molecule is Cc1ccc(S(=O)(=O)c2nc(S(C)(=O)=O)sc2N2CCN(C(=O)c3ccco3)CC2)cc1. The van der Waals surface area contributed by atoms with E-state index in [1.54, 1.807) is 34.1 Å². The van der Waals surface area contributed by atoms with Crippen LogP contribution >= 0.6 is 11.3 Å². The number of aromatic nitrogens is 1. The van der Waals surface area contributed by atoms with Crippen molar-refractivity contribution in [1.82, 2.24) is 9.88 Å². The normalized spacial score (nSPS) is 15.2. The molecule has 12 heteroatoms. The average molecular weight is 496 g/mol. The molecule has 0 radical (unpaired) electrons. The molecule has 2 aromatic heterocycles. The molecule has 0 unspecified atom stereocenters. The highest BCUT2D eigenvalue weighted by molar-refractivity contribution is 7.93. The van der Waals surface area contributed by atoms with Crippen molar-refractivity contribution in [2.24, 2.45) is 0 Å². The number of carbonyl (C=O) groups excluding carboxylic acids is 1. The van der Waals surface area contributed by atoms with Gasteiger partial charge in [0.05, 0.1) is 11.2 Å². The molecule has 0 N–H and O–H groups in total. The van der Waals surface area contributed by atoms with Crippen LogP contribution in [0.2, 0.25) is 0 Å². The van der Waals surface area contributed by atoms with E-state index in [9.17, 15) is 21.6 Å². The minimum Gasteiger partial charge on any atom is -0.459 e. The van der Waals surface area contributed by atoms with Crippen LogP contribution < -0.4 is 4.90 Å². The Labute approximate surface area is 190 Å². The highest BCUT2D eigenvalue weighted by Crippen LogP contribution is 2.37. The summed E-state index contributed by atoms with van der Waals surface area (Å²) in [6.45, 7) is 3.16. The van der Waals surface area contributed by atoms with Gasteiger partial charge in [0.25, 0.3) is 5.91 Å². The van der Waals surface area contributed by atoms with Crippen molar-refractivity contribution in [3.8, 4) is 0 Å². The van der Waals surface area contributed by atoms with E-state index in [2.05, 4.69) is 4.98 Å². The van der Waals surface area contributed by atoms with Gasteiger partial charge in [0.1, 0.15) is 5.00 Å². The molecule has 1 saturated heterocycles. The fourth-order valence-corrected chi connectivity index (χ4v) is 7.02. The zero-order chi connectivity index (χ0) is 23.1. The molecular formula is C20H21N3O6S3. The molecule has 32 heavy (non-hydrogen) atoms. The van der Waals surface area contributed by atoms with E-state index in [0.29, 0.717) is 26.2 Å². The van der Waals surface area contributed by atoms with Crippen LogP contribution in [0.15, 0.2) is 61.3 Å². The molecule has 4 rings (SSSR count). The van der Waals surface area contributed by atoms with Gasteiger partial charge < -0.3 is 14.2 Å². The number of amides is 1. The first-order chi connectivity index (χ1) is 15.1. The molecule has 0 atom stereocenters. The van der Waals surface area contributed by atoms with E-state index in [1.165, 1.54) is 18.4 Å². The number of sulfone groups is 2. The quantitative estimate of drug-likeness (QED) is 0.529. The van der Waals surface area contributed by atoms with Gasteiger partial charge in [0.2, 0.25) is 24.0 Å². The van der Waals surface area contributed by atoms with Gasteiger partial charge in [0, 0.05) is 32.4 Å². The van der Waals surface area contributed by atoms with Crippen LogP contribution in [0, 0.1) is 6.92 Å². The lowest BCUT2D eigenvalue weighted by molar-refractivity contribution is 0.0714. The number of anilines is 1. The summed E-state index contributed by atoms with van der Waals surface area (Å²) in [6.07, 6.45) is 2.42. The van der Waals surface area contributed by atoms with E-state index in [0.717, 1.165) is 23.2 Å². The number of hydrogen-bond donors (Lipinski definition) is 0. The molecule has 1 amide bonds. The Morgan fingerprint density at radius 1 is 1.03 bits per heavy atom. The molecule has 0 spiro atoms. The van der Waals surface area contributed by atoms with Crippen molar-refractivity contribution < 1.29 is 26.0 Å². The maximum Gasteiger partial charge on any atom is 0.289 e. The van der Waals surface area contributed by atoms with Gasteiger partial charge >= 0.3 is 0 Å². The molecule has 1 aliphatic heterocycles. The fourth-order valence-electron chi connectivity index (χ4n) is 3.31. The van der Waals surface area contributed by atoms with E-state index in [4.69, 9.17) is 4.42 Å². The molecule has 1 aromatic carbocycles. The van der Waals surface area contributed by atoms with Crippen molar-refractivity contribution in [1.29, 1.82) is 0 Å². The third-order valence-electron chi connectivity index (χ3n) is 5.05. The number of piperazine rings is 1. The summed E-state index contributed by atoms with van der Waals surface area (Å²) in [7, 11) is -7.75. The first-order valence-electron chi connectivity index (χ1n) is 9.68. The molecule has 0 saturated carbocycles. The Balaban J connectivity index is 1.66. The summed E-state index contributed by atoms with van der Waals surface area (Å²) >= 11 is 0.831. The van der Waals surface area contributed by atoms with Gasteiger partial charge in [-0.2, -0.15) is 0 Å². The maximum absolute atomic E-state index is 13.3. The summed E-state index contributed by atoms with van der Waals surface area (Å²) in [5, 5.41) is -0.0197. The third-order valence-corrected chi connectivity index (χ3v) is 9.66. The zero-order valence-corrected chi connectivity index (χ0v) is 19.8. The van der Waals surface area contributed by atoms with Gasteiger partial charge in [-0.1, -0.05) is 29.0 Å². The monoisotopic (exact) mass is 495 g/mol. The molecular weight excluding hydrogens is 474 g/mol. The standard InChI is InChI=1S/C20H21N3O6S3/c1-14-5-7-15(8-6-14)32(27,28)17-19(30-20(21-17)31(2,25)26)23-11-9-22(10-12-23)18(24)16-4-3-13-29-16/h3-8,13H,9-12H2,1-2H3. The second kappa shape index (κ2) is 8.34. The number of benzene rings is 1. The highest BCUT2D eigenvalue weighted by atomic mass is 32.2. The minimum atomic E-state index is -4.04. The number of thiazole rings is 1. The van der Waals surface area contributed by atoms with Gasteiger partial charge in [-0.25, -0.2) is 21.8 Å². The molecule has 3 aromatic rings. The van der Waals surface area contributed by atoms with E-state index < -0.39 is 19.7 Å². The molecule has 1 aliphatic rings. The molecule has 0 aliphatic carbocycles. The second-order valence-electron chi connectivity index (χ2n) is 7.44. The predicted octanol–water partition coefficient (Wildman–Crippen LogP) is 2.24. The first kappa shape index (κ1) is 22.5. The maximum atomic E-state index is 13.3. The van der Waals surface area contributed by atoms with Gasteiger partial charge in [-0.3, -0.25) is 4.79 Å². The van der Waals surface area contributed by atoms with Crippen LogP contribution in [-0.4, -0.2) is 65.1 Å². The minimum absolute atomic E-state index is 0.0429. The number of aryl methyl sites for hydroxylation is 1. The molecule has 1 fully saturated rings. The lowest BCUT2D eigenvalue weighted by Gasteiger charge is -2.35. The lowest BCUT2D eigenvalue weighted by Crippen LogP contribution is -2.48. The lowest BCUT2D eigenvalue weighted by atomic mass is 10.2. The summed E-state index contributed by atoms with van der Waals surface area (Å²) in [5.41, 5.74) is 0.900. The van der Waals surface area contributed by atoms with E-state index in [1.807, 2.05) is 6.92 Å². The number of carbonyl (C=O) groups is 1. The molecule has 3 heterocycles. The van der Waals surface area contributed by atoms with Crippen LogP contribution in [-0.2, 0) is 19.7 Å². The van der Waals surface area contributed by atoms with Crippen LogP contribution in [0.5, 0.6) is 0 Å². The Kier molecular flexibility index (Phi) is 5.86. The van der Waals surface area contributed by atoms with Crippen molar-refractivity contribution in [3.63, 3.8) is 0 Å². The number of nitrogens with zero attached hydrogens (tertiary/aromatic N) is 3. The van der Waals surface area contributed by atoms with Crippen molar-refractivity contribution in [2.75, 3.05) is 37.3 Å². The number of hydrogen-bond acceptors (Lipinski definition) is 9. The van der Waals surface area contributed by atoms with Crippen LogP contribution in [0.25, 0.3) is 0 Å². The van der Waals surface area contributed by atoms with Gasteiger partial charge in [-0.05, 0) is 31.2 Å². The largest absolute Gasteiger partial charge is 0.459 e. The Morgan fingerprint density at radius 2 is 1.69 bits per heavy atom. The molecule has 0 bridgehead atoms. The first-order valence-corrected chi connectivity index (χ1v) is 13.9. The summed E-state index contributed by atoms with van der Waals surface area (Å²) < 4.78 is 55.8. The van der Waals surface area contributed by atoms with Crippen LogP contribution in [0.3, 0.4) is 0 Å². The van der Waals surface area contributed by atoms with Crippen molar-refractivity contribution in [2.45, 2.75) is 21.2 Å². The van der Waals surface area contributed by atoms with Gasteiger partial charge in [0.15, 0.2) is 10.8 Å². The third kappa shape index (κ3) is 4.30. The predicted molar refractivity (Wildman–Crippen MR) is 119 cm³/mol. The summed E-state index contributed by atoms with van der Waals surface area (Å²) in [6, 6.07) is 9.53. The summed E-state index contributed by atoms with van der Waals surface area (Å²) in [5.74, 6) is -0.0125. The number of rotatable bonds is 5. The zero-order valence-electron chi connectivity index (χ0n) is 17.4. The molecule has 9 nitrogen and oxygen atoms in total. The van der Waals surface area contributed by atoms with Gasteiger partial charge in [-0.15, -0.1) is 0 Å². The van der Waals surface area contributed by atoms with Crippen LogP contribution in [0.1, 0.15) is 16.1 Å². The van der Waals surface area contributed by atoms with Crippen LogP contribution in [0.4, 0.5) is 5.00 Å². The topological polar surface area (TPSA) is 118 Å². The summed E-state index contributed by atoms with van der Waals surface area (Å²) in [4.78, 5) is 20.0. The second-order valence-corrected chi connectivity index (χ2v) is 12.5. The molecule has 170 valence electrons. The fraction of sp³-hybridized carbons (Fsp3) is 0.300. The Bertz CT molecular complexity index is 1340. The van der Waals surface area contributed by atoms with E-state index >= 15 is 0 Å². The van der Waals surface area contributed by atoms with Crippen molar-refractivity contribution >= 4 is 41.9 Å². The smallest absolute Gasteiger partial charge is 0.289 e. The van der Waals surface area contributed by atoms with Crippen molar-refractivity contribution in [3.05, 3.63) is 54.0 Å². The number of furan rings is 1. The Morgan fingerprint density at radius 3 is 2.25 bits per heavy atom. The van der Waals surface area contributed by atoms with E-state index in [-0.39, 0.29) is 30.9 Å².